The summed E-state index contributed by atoms with van der Waals surface area (Å²) >= 11 is 12.5. The van der Waals surface area contributed by atoms with Crippen molar-refractivity contribution in [3.63, 3.8) is 0 Å². The van der Waals surface area contributed by atoms with E-state index in [2.05, 4.69) is 42.4 Å². The summed E-state index contributed by atoms with van der Waals surface area (Å²) in [7, 11) is 0. The predicted molar refractivity (Wildman–Crippen MR) is 96.2 cm³/mol. The van der Waals surface area contributed by atoms with Crippen LogP contribution in [-0.2, 0) is 4.79 Å². The lowest BCUT2D eigenvalue weighted by molar-refractivity contribution is -0.123. The Labute approximate surface area is 154 Å². The van der Waals surface area contributed by atoms with Crippen molar-refractivity contribution in [1.29, 1.82) is 0 Å². The summed E-state index contributed by atoms with van der Waals surface area (Å²) in [6, 6.07) is 9.97. The Kier molecular flexibility index (Phi) is 6.44. The fourth-order valence-corrected chi connectivity index (χ4v) is 2.68. The minimum atomic E-state index is -0.449. The van der Waals surface area contributed by atoms with Gasteiger partial charge < -0.3 is 9.84 Å². The lowest BCUT2D eigenvalue weighted by Crippen LogP contribution is -2.24. The van der Waals surface area contributed by atoms with Crippen LogP contribution in [0, 0.1) is 0 Å². The van der Waals surface area contributed by atoms with Gasteiger partial charge in [-0.2, -0.15) is 5.10 Å². The number of rotatable bonds is 5. The number of benzene rings is 2. The van der Waals surface area contributed by atoms with Crippen molar-refractivity contribution in [2.75, 3.05) is 6.61 Å². The highest BCUT2D eigenvalue weighted by Crippen LogP contribution is 2.27. The molecule has 0 bridgehead atoms. The highest BCUT2D eigenvalue weighted by Gasteiger charge is 2.06. The van der Waals surface area contributed by atoms with Crippen LogP contribution in [0.2, 0.25) is 5.02 Å². The standard InChI is InChI=1S/C15H11Br2ClN2O3/c16-10-1-3-13(21)9(5-10)7-19-20-15(22)8-23-14-4-2-11(17)6-12(14)18/h1-7,21H,8H2,(H,20,22). The number of phenols is 1. The summed E-state index contributed by atoms with van der Waals surface area (Å²) in [6.07, 6.45) is 1.34. The summed E-state index contributed by atoms with van der Waals surface area (Å²) in [5.41, 5.74) is 2.77. The van der Waals surface area contributed by atoms with Gasteiger partial charge in [0, 0.05) is 14.5 Å². The Hall–Kier alpha value is -1.57. The Morgan fingerprint density at radius 3 is 2.70 bits per heavy atom. The molecule has 0 aliphatic rings. The third-order valence-corrected chi connectivity index (χ3v) is 3.92. The molecule has 2 aromatic rings. The van der Waals surface area contributed by atoms with Crippen molar-refractivity contribution in [1.82, 2.24) is 5.43 Å². The molecule has 0 fully saturated rings. The van der Waals surface area contributed by atoms with Crippen LogP contribution in [0.25, 0.3) is 0 Å². The minimum Gasteiger partial charge on any atom is -0.507 e. The molecule has 2 aromatic carbocycles. The first-order valence-electron chi connectivity index (χ1n) is 6.34. The summed E-state index contributed by atoms with van der Waals surface area (Å²) in [5, 5.41) is 13.8. The molecule has 2 rings (SSSR count). The third-order valence-electron chi connectivity index (χ3n) is 2.64. The first kappa shape index (κ1) is 17.8. The first-order valence-corrected chi connectivity index (χ1v) is 8.30. The predicted octanol–water partition coefficient (Wildman–Crippen LogP) is 4.10. The minimum absolute atomic E-state index is 0.0593. The van der Waals surface area contributed by atoms with Gasteiger partial charge in [-0.3, -0.25) is 4.79 Å². The van der Waals surface area contributed by atoms with Crippen molar-refractivity contribution >= 4 is 55.6 Å². The van der Waals surface area contributed by atoms with Gasteiger partial charge in [0.2, 0.25) is 0 Å². The Bertz CT molecular complexity index is 753. The number of nitrogens with zero attached hydrogens (tertiary/aromatic N) is 1. The van der Waals surface area contributed by atoms with Gasteiger partial charge >= 0.3 is 0 Å². The highest BCUT2D eigenvalue weighted by atomic mass is 79.9. The number of hydrogen-bond acceptors (Lipinski definition) is 4. The van der Waals surface area contributed by atoms with Gasteiger partial charge in [0.05, 0.1) is 11.2 Å². The summed E-state index contributed by atoms with van der Waals surface area (Å²) < 4.78 is 6.91. The average molecular weight is 463 g/mol. The average Bonchev–Trinajstić information content (AvgIpc) is 2.50. The summed E-state index contributed by atoms with van der Waals surface area (Å²) in [5.74, 6) is 0.0115. The van der Waals surface area contributed by atoms with Crippen LogP contribution in [0.1, 0.15) is 5.56 Å². The molecule has 0 saturated carbocycles. The van der Waals surface area contributed by atoms with E-state index in [0.717, 1.165) is 8.95 Å². The maximum absolute atomic E-state index is 11.7. The molecule has 1 amide bonds. The summed E-state index contributed by atoms with van der Waals surface area (Å²) in [6.45, 7) is -0.233. The van der Waals surface area contributed by atoms with Gasteiger partial charge in [0.25, 0.3) is 5.91 Å². The van der Waals surface area contributed by atoms with Crippen molar-refractivity contribution in [2.24, 2.45) is 5.10 Å². The molecule has 0 aromatic heterocycles. The quantitative estimate of drug-likeness (QED) is 0.519. The van der Waals surface area contributed by atoms with Crippen molar-refractivity contribution in [2.45, 2.75) is 0 Å². The van der Waals surface area contributed by atoms with Crippen molar-refractivity contribution in [3.05, 3.63) is 55.9 Å². The second-order valence-corrected chi connectivity index (χ2v) is 6.60. The largest absolute Gasteiger partial charge is 0.507 e. The Balaban J connectivity index is 1.87. The number of hydrogen-bond donors (Lipinski definition) is 2. The fourth-order valence-electron chi connectivity index (χ4n) is 1.57. The molecule has 0 spiro atoms. The molecule has 0 aliphatic carbocycles. The van der Waals surface area contributed by atoms with Gasteiger partial charge in [-0.25, -0.2) is 5.43 Å². The van der Waals surface area contributed by atoms with E-state index in [9.17, 15) is 9.90 Å². The highest BCUT2D eigenvalue weighted by molar-refractivity contribution is 9.10. The van der Waals surface area contributed by atoms with E-state index < -0.39 is 5.91 Å². The topological polar surface area (TPSA) is 70.9 Å². The number of phenolic OH excluding ortho intramolecular Hbond substituents is 1. The number of nitrogens with one attached hydrogen (secondary N) is 1. The van der Waals surface area contributed by atoms with E-state index in [-0.39, 0.29) is 12.4 Å². The van der Waals surface area contributed by atoms with Gasteiger partial charge in [-0.1, -0.05) is 43.5 Å². The number of carbonyl (C=O) groups excluding carboxylic acids is 1. The SMILES string of the molecule is O=C(COc1ccc(Br)cc1Cl)NN=Cc1cc(Br)ccc1O. The lowest BCUT2D eigenvalue weighted by atomic mass is 10.2. The van der Waals surface area contributed by atoms with Crippen LogP contribution < -0.4 is 10.2 Å². The Morgan fingerprint density at radius 2 is 1.96 bits per heavy atom. The molecule has 0 saturated heterocycles. The van der Waals surface area contributed by atoms with Crippen LogP contribution >= 0.6 is 43.5 Å². The van der Waals surface area contributed by atoms with Gasteiger partial charge in [0.1, 0.15) is 11.5 Å². The molecular formula is C15H11Br2ClN2O3. The molecule has 23 heavy (non-hydrogen) atoms. The zero-order valence-electron chi connectivity index (χ0n) is 11.6. The van der Waals surface area contributed by atoms with E-state index >= 15 is 0 Å². The molecule has 8 heteroatoms. The maximum Gasteiger partial charge on any atom is 0.277 e. The fraction of sp³-hybridized carbons (Fsp3) is 0.0667. The normalized spacial score (nSPS) is 10.7. The molecule has 0 aliphatic heterocycles. The van der Waals surface area contributed by atoms with Gasteiger partial charge in [-0.15, -0.1) is 0 Å². The Morgan fingerprint density at radius 1 is 1.26 bits per heavy atom. The molecule has 0 atom stereocenters. The third kappa shape index (κ3) is 5.53. The second kappa shape index (κ2) is 8.33. The van der Waals surface area contributed by atoms with Crippen molar-refractivity contribution < 1.29 is 14.6 Å². The molecular weight excluding hydrogens is 451 g/mol. The van der Waals surface area contributed by atoms with Crippen LogP contribution in [0.3, 0.4) is 0 Å². The number of amides is 1. The molecule has 0 heterocycles. The van der Waals surface area contributed by atoms with Gasteiger partial charge in [-0.05, 0) is 36.4 Å². The zero-order chi connectivity index (χ0) is 16.8. The van der Waals surface area contributed by atoms with E-state index in [1.807, 2.05) is 0 Å². The van der Waals surface area contributed by atoms with E-state index in [4.69, 9.17) is 16.3 Å². The van der Waals surface area contributed by atoms with E-state index in [1.165, 1.54) is 12.3 Å². The van der Waals surface area contributed by atoms with Gasteiger partial charge in [0.15, 0.2) is 6.61 Å². The number of carbonyl (C=O) groups is 1. The number of halogens is 3. The molecule has 5 nitrogen and oxygen atoms in total. The van der Waals surface area contributed by atoms with Crippen molar-refractivity contribution in [3.8, 4) is 11.5 Å². The maximum atomic E-state index is 11.7. The smallest absolute Gasteiger partial charge is 0.277 e. The van der Waals surface area contributed by atoms with E-state index in [1.54, 1.807) is 30.3 Å². The number of ether oxygens (including phenoxy) is 1. The van der Waals surface area contributed by atoms with E-state index in [0.29, 0.717) is 16.3 Å². The molecule has 0 unspecified atom stereocenters. The van der Waals surface area contributed by atoms with Crippen LogP contribution in [0.15, 0.2) is 50.4 Å². The number of aromatic hydroxyl groups is 1. The second-order valence-electron chi connectivity index (χ2n) is 4.36. The summed E-state index contributed by atoms with van der Waals surface area (Å²) in [4.78, 5) is 11.7. The monoisotopic (exact) mass is 460 g/mol. The molecule has 2 N–H and O–H groups in total. The van der Waals surface area contributed by atoms with Crippen LogP contribution in [0.4, 0.5) is 0 Å². The number of hydrazone groups is 1. The van der Waals surface area contributed by atoms with Crippen LogP contribution in [0.5, 0.6) is 11.5 Å². The molecule has 0 radical (unpaired) electrons. The zero-order valence-corrected chi connectivity index (χ0v) is 15.5. The first-order chi connectivity index (χ1) is 11.0. The van der Waals surface area contributed by atoms with Crippen LogP contribution in [-0.4, -0.2) is 23.8 Å². The molecule has 120 valence electrons. The lowest BCUT2D eigenvalue weighted by Gasteiger charge is -2.07.